The van der Waals surface area contributed by atoms with Crippen LogP contribution in [0.4, 0.5) is 0 Å². The Balaban J connectivity index is 2.59. The van der Waals surface area contributed by atoms with Gasteiger partial charge in [-0.2, -0.15) is 0 Å². The van der Waals surface area contributed by atoms with Gasteiger partial charge in [-0.1, -0.05) is 0 Å². The van der Waals surface area contributed by atoms with Crippen LogP contribution in [0.25, 0.3) is 11.3 Å². The number of H-pyrrole nitrogens is 1. The number of hydrogen-bond donors (Lipinski definition) is 1. The Morgan fingerprint density at radius 1 is 1.24 bits per heavy atom. The van der Waals surface area contributed by atoms with Crippen molar-refractivity contribution >= 4 is 11.6 Å². The highest BCUT2D eigenvalue weighted by molar-refractivity contribution is 6.28. The van der Waals surface area contributed by atoms with Crippen LogP contribution >= 0.6 is 11.6 Å². The number of halogens is 1. The molecular formula is C12H13ClN2O2. The minimum atomic E-state index is 0.363. The van der Waals surface area contributed by atoms with Crippen molar-refractivity contribution in [3.05, 3.63) is 29.2 Å². The molecule has 17 heavy (non-hydrogen) atoms. The number of aromatic amines is 1. The summed E-state index contributed by atoms with van der Waals surface area (Å²) in [5.74, 6) is 1.48. The van der Waals surface area contributed by atoms with Crippen LogP contribution in [0.5, 0.6) is 11.5 Å². The van der Waals surface area contributed by atoms with E-state index in [2.05, 4.69) is 9.97 Å². The van der Waals surface area contributed by atoms with Gasteiger partial charge in [0.15, 0.2) is 0 Å². The highest BCUT2D eigenvalue weighted by atomic mass is 35.5. The molecule has 0 aliphatic heterocycles. The van der Waals surface area contributed by atoms with Crippen molar-refractivity contribution in [3.8, 4) is 22.8 Å². The van der Waals surface area contributed by atoms with Crippen LogP contribution < -0.4 is 9.47 Å². The van der Waals surface area contributed by atoms with Crippen molar-refractivity contribution in [1.29, 1.82) is 0 Å². The molecular weight excluding hydrogens is 240 g/mol. The lowest BCUT2D eigenvalue weighted by Gasteiger charge is -2.09. The largest absolute Gasteiger partial charge is 0.497 e. The van der Waals surface area contributed by atoms with Gasteiger partial charge in [0.2, 0.25) is 5.28 Å². The van der Waals surface area contributed by atoms with Gasteiger partial charge in [-0.3, -0.25) is 0 Å². The number of nitrogens with one attached hydrogen (secondary N) is 1. The Hall–Kier alpha value is -1.68. The third-order valence-electron chi connectivity index (χ3n) is 2.52. The predicted molar refractivity (Wildman–Crippen MR) is 66.9 cm³/mol. The van der Waals surface area contributed by atoms with E-state index in [1.54, 1.807) is 14.2 Å². The number of benzene rings is 1. The number of hydrogen-bond acceptors (Lipinski definition) is 3. The number of aromatic nitrogens is 2. The second-order valence-electron chi connectivity index (χ2n) is 3.57. The normalized spacial score (nSPS) is 10.4. The minimum absolute atomic E-state index is 0.363. The zero-order chi connectivity index (χ0) is 12.4. The van der Waals surface area contributed by atoms with Gasteiger partial charge in [-0.25, -0.2) is 4.98 Å². The third kappa shape index (κ3) is 2.22. The van der Waals surface area contributed by atoms with Crippen molar-refractivity contribution in [2.24, 2.45) is 0 Å². The molecule has 0 aliphatic rings. The first kappa shape index (κ1) is 11.8. The van der Waals surface area contributed by atoms with Crippen molar-refractivity contribution in [1.82, 2.24) is 9.97 Å². The zero-order valence-corrected chi connectivity index (χ0v) is 10.6. The number of methoxy groups -OCH3 is 2. The molecule has 2 aromatic rings. The molecule has 1 aromatic heterocycles. The molecule has 0 atom stereocenters. The maximum Gasteiger partial charge on any atom is 0.200 e. The second-order valence-corrected chi connectivity index (χ2v) is 3.93. The summed E-state index contributed by atoms with van der Waals surface area (Å²) in [6.45, 7) is 1.91. The molecule has 0 amide bonds. The fraction of sp³-hybridized carbons (Fsp3) is 0.250. The number of ether oxygens (including phenoxy) is 2. The first-order chi connectivity index (χ1) is 8.15. The lowest BCUT2D eigenvalue weighted by molar-refractivity contribution is 0.404. The predicted octanol–water partition coefficient (Wildman–Crippen LogP) is 3.06. The van der Waals surface area contributed by atoms with Gasteiger partial charge >= 0.3 is 0 Å². The lowest BCUT2D eigenvalue weighted by Crippen LogP contribution is -1.91. The molecule has 4 nitrogen and oxygen atoms in total. The Morgan fingerprint density at radius 3 is 2.53 bits per heavy atom. The molecule has 0 saturated heterocycles. The van der Waals surface area contributed by atoms with E-state index in [1.165, 1.54) is 0 Å². The minimum Gasteiger partial charge on any atom is -0.497 e. The Bertz CT molecular complexity index is 537. The van der Waals surface area contributed by atoms with Gasteiger partial charge in [-0.05, 0) is 36.7 Å². The maximum absolute atomic E-state index is 5.85. The van der Waals surface area contributed by atoms with Crippen LogP contribution in [0.3, 0.4) is 0 Å². The lowest BCUT2D eigenvalue weighted by atomic mass is 10.1. The molecule has 0 bridgehead atoms. The SMILES string of the molecule is COc1ccc(OC)c(-c2nc(Cl)[nH]c2C)c1. The van der Waals surface area contributed by atoms with E-state index in [1.807, 2.05) is 25.1 Å². The topological polar surface area (TPSA) is 47.1 Å². The molecule has 1 aromatic carbocycles. The molecule has 0 fully saturated rings. The van der Waals surface area contributed by atoms with Crippen molar-refractivity contribution in [2.75, 3.05) is 14.2 Å². The van der Waals surface area contributed by atoms with Gasteiger partial charge in [0.1, 0.15) is 11.5 Å². The molecule has 0 aliphatic carbocycles. The van der Waals surface area contributed by atoms with Crippen LogP contribution in [0.2, 0.25) is 5.28 Å². The van der Waals surface area contributed by atoms with Crippen LogP contribution in [0.15, 0.2) is 18.2 Å². The van der Waals surface area contributed by atoms with E-state index in [0.717, 1.165) is 28.5 Å². The van der Waals surface area contributed by atoms with Crippen LogP contribution in [0.1, 0.15) is 5.69 Å². The fourth-order valence-corrected chi connectivity index (χ4v) is 1.91. The van der Waals surface area contributed by atoms with E-state index in [-0.39, 0.29) is 0 Å². The highest BCUT2D eigenvalue weighted by Crippen LogP contribution is 2.34. The Morgan fingerprint density at radius 2 is 2.00 bits per heavy atom. The number of aryl methyl sites for hydroxylation is 1. The van der Waals surface area contributed by atoms with Crippen molar-refractivity contribution in [3.63, 3.8) is 0 Å². The van der Waals surface area contributed by atoms with E-state index in [0.29, 0.717) is 5.28 Å². The quantitative estimate of drug-likeness (QED) is 0.913. The van der Waals surface area contributed by atoms with Gasteiger partial charge in [0.25, 0.3) is 0 Å². The molecule has 1 N–H and O–H groups in total. The first-order valence-corrected chi connectivity index (χ1v) is 5.48. The van der Waals surface area contributed by atoms with Gasteiger partial charge in [0.05, 0.1) is 19.9 Å². The molecule has 0 spiro atoms. The average Bonchev–Trinajstić information content (AvgIpc) is 2.67. The summed E-state index contributed by atoms with van der Waals surface area (Å²) in [6.07, 6.45) is 0. The first-order valence-electron chi connectivity index (χ1n) is 5.10. The summed E-state index contributed by atoms with van der Waals surface area (Å²) in [7, 11) is 3.24. The molecule has 2 rings (SSSR count). The van der Waals surface area contributed by atoms with E-state index in [4.69, 9.17) is 21.1 Å². The van der Waals surface area contributed by atoms with E-state index < -0.39 is 0 Å². The second kappa shape index (κ2) is 4.67. The van der Waals surface area contributed by atoms with Gasteiger partial charge < -0.3 is 14.5 Å². The van der Waals surface area contributed by atoms with Crippen LogP contribution in [0, 0.1) is 6.92 Å². The summed E-state index contributed by atoms with van der Waals surface area (Å²) >= 11 is 5.85. The average molecular weight is 253 g/mol. The maximum atomic E-state index is 5.85. The smallest absolute Gasteiger partial charge is 0.200 e. The fourth-order valence-electron chi connectivity index (χ4n) is 1.69. The van der Waals surface area contributed by atoms with Crippen LogP contribution in [-0.2, 0) is 0 Å². The third-order valence-corrected chi connectivity index (χ3v) is 2.70. The van der Waals surface area contributed by atoms with E-state index >= 15 is 0 Å². The monoisotopic (exact) mass is 252 g/mol. The highest BCUT2D eigenvalue weighted by Gasteiger charge is 2.13. The van der Waals surface area contributed by atoms with Gasteiger partial charge in [0, 0.05) is 11.3 Å². The van der Waals surface area contributed by atoms with Crippen molar-refractivity contribution < 1.29 is 9.47 Å². The summed E-state index contributed by atoms with van der Waals surface area (Å²) < 4.78 is 10.5. The summed E-state index contributed by atoms with van der Waals surface area (Å²) in [5.41, 5.74) is 2.51. The molecule has 0 radical (unpaired) electrons. The number of nitrogens with zero attached hydrogens (tertiary/aromatic N) is 1. The number of imidazole rings is 1. The molecule has 0 saturated carbocycles. The van der Waals surface area contributed by atoms with Gasteiger partial charge in [-0.15, -0.1) is 0 Å². The number of rotatable bonds is 3. The van der Waals surface area contributed by atoms with Crippen molar-refractivity contribution in [2.45, 2.75) is 6.92 Å². The van der Waals surface area contributed by atoms with E-state index in [9.17, 15) is 0 Å². The molecule has 1 heterocycles. The van der Waals surface area contributed by atoms with Crippen LogP contribution in [-0.4, -0.2) is 24.2 Å². The standard InChI is InChI=1S/C12H13ClN2O2/c1-7-11(15-12(13)14-7)9-6-8(16-2)4-5-10(9)17-3/h4-6H,1-3H3,(H,14,15). The Labute approximate surface area is 105 Å². The summed E-state index contributed by atoms with van der Waals surface area (Å²) in [5, 5.41) is 0.363. The summed E-state index contributed by atoms with van der Waals surface area (Å²) in [6, 6.07) is 5.56. The summed E-state index contributed by atoms with van der Waals surface area (Å²) in [4.78, 5) is 7.19. The molecule has 5 heteroatoms. The Kier molecular flexibility index (Phi) is 3.24. The zero-order valence-electron chi connectivity index (χ0n) is 9.87. The molecule has 90 valence electrons. The molecule has 0 unspecified atom stereocenters.